The van der Waals surface area contributed by atoms with E-state index in [9.17, 15) is 4.79 Å². The summed E-state index contributed by atoms with van der Waals surface area (Å²) < 4.78 is 4.90. The van der Waals surface area contributed by atoms with Gasteiger partial charge in [-0.2, -0.15) is 0 Å². The highest BCUT2D eigenvalue weighted by Crippen LogP contribution is 2.00. The fraction of sp³-hybridized carbons (Fsp3) is 0.364. The molecule has 0 fully saturated rings. The first-order chi connectivity index (χ1) is 8.29. The summed E-state index contributed by atoms with van der Waals surface area (Å²) in [6, 6.07) is 1.79. The number of hydrogen-bond acceptors (Lipinski definition) is 4. The predicted octanol–water partition coefficient (Wildman–Crippen LogP) is 1.28. The molecule has 1 amide bonds. The molecule has 2 rings (SSSR count). The zero-order chi connectivity index (χ0) is 12.1. The van der Waals surface area contributed by atoms with Crippen LogP contribution in [0.25, 0.3) is 0 Å². The van der Waals surface area contributed by atoms with Gasteiger partial charge in [0.25, 0.3) is 5.91 Å². The number of carbonyl (C=O) groups excluding carboxylic acids is 1. The predicted molar refractivity (Wildman–Crippen MR) is 60.3 cm³/mol. The summed E-state index contributed by atoms with van der Waals surface area (Å²) in [7, 11) is 0. The second kappa shape index (κ2) is 5.29. The molecule has 6 heteroatoms. The van der Waals surface area contributed by atoms with Crippen molar-refractivity contribution in [2.75, 3.05) is 0 Å². The van der Waals surface area contributed by atoms with Crippen LogP contribution >= 0.6 is 0 Å². The Morgan fingerprint density at radius 2 is 2.47 bits per heavy atom. The molecule has 2 heterocycles. The highest BCUT2D eigenvalue weighted by Gasteiger charge is 2.11. The Labute approximate surface area is 98.4 Å². The minimum atomic E-state index is -0.287. The molecule has 0 spiro atoms. The first-order valence-corrected chi connectivity index (χ1v) is 5.50. The zero-order valence-electron chi connectivity index (χ0n) is 9.56. The summed E-state index contributed by atoms with van der Waals surface area (Å²) in [6.45, 7) is 2.45. The number of rotatable bonds is 5. The van der Waals surface area contributed by atoms with E-state index in [0.29, 0.717) is 6.54 Å². The van der Waals surface area contributed by atoms with Crippen molar-refractivity contribution in [2.45, 2.75) is 26.3 Å². The topological polar surface area (TPSA) is 83.8 Å². The van der Waals surface area contributed by atoms with Gasteiger partial charge in [-0.05, 0) is 12.5 Å². The fourth-order valence-electron chi connectivity index (χ4n) is 1.40. The SMILES string of the molecule is CCCc1nc(C(=O)NCc2ccoc2)n[nH]1. The zero-order valence-corrected chi connectivity index (χ0v) is 9.56. The van der Waals surface area contributed by atoms with Crippen molar-refractivity contribution in [3.8, 4) is 0 Å². The number of aryl methyl sites for hydroxylation is 1. The lowest BCUT2D eigenvalue weighted by Crippen LogP contribution is -2.23. The van der Waals surface area contributed by atoms with Crippen LogP contribution in [0.3, 0.4) is 0 Å². The Bertz CT molecular complexity index is 475. The summed E-state index contributed by atoms with van der Waals surface area (Å²) in [6.07, 6.45) is 4.90. The van der Waals surface area contributed by atoms with Gasteiger partial charge in [-0.25, -0.2) is 4.98 Å². The van der Waals surface area contributed by atoms with E-state index < -0.39 is 0 Å². The molecule has 2 N–H and O–H groups in total. The van der Waals surface area contributed by atoms with Crippen molar-refractivity contribution >= 4 is 5.91 Å². The van der Waals surface area contributed by atoms with Gasteiger partial charge < -0.3 is 9.73 Å². The Kier molecular flexibility index (Phi) is 3.54. The van der Waals surface area contributed by atoms with Crippen molar-refractivity contribution in [1.82, 2.24) is 20.5 Å². The Balaban J connectivity index is 1.90. The van der Waals surface area contributed by atoms with Gasteiger partial charge in [0.15, 0.2) is 0 Å². The van der Waals surface area contributed by atoms with Crippen LogP contribution in [-0.4, -0.2) is 21.1 Å². The molecule has 17 heavy (non-hydrogen) atoms. The van der Waals surface area contributed by atoms with Gasteiger partial charge in [-0.15, -0.1) is 5.10 Å². The van der Waals surface area contributed by atoms with Gasteiger partial charge in [-0.1, -0.05) is 6.92 Å². The molecule has 0 radical (unpaired) electrons. The van der Waals surface area contributed by atoms with Gasteiger partial charge in [0, 0.05) is 18.5 Å². The van der Waals surface area contributed by atoms with E-state index in [2.05, 4.69) is 20.5 Å². The maximum absolute atomic E-state index is 11.7. The van der Waals surface area contributed by atoms with E-state index in [1.54, 1.807) is 18.6 Å². The normalized spacial score (nSPS) is 10.4. The molecule has 0 unspecified atom stereocenters. The first-order valence-electron chi connectivity index (χ1n) is 5.50. The molecule has 0 aromatic carbocycles. The van der Waals surface area contributed by atoms with E-state index in [1.807, 2.05) is 6.92 Å². The van der Waals surface area contributed by atoms with Gasteiger partial charge in [-0.3, -0.25) is 9.89 Å². The summed E-state index contributed by atoms with van der Waals surface area (Å²) >= 11 is 0. The molecule has 90 valence electrons. The van der Waals surface area contributed by atoms with E-state index in [4.69, 9.17) is 4.42 Å². The second-order valence-corrected chi connectivity index (χ2v) is 3.67. The standard InChI is InChI=1S/C11H14N4O2/c1-2-3-9-13-10(15-14-9)11(16)12-6-8-4-5-17-7-8/h4-5,7H,2-3,6H2,1H3,(H,12,16)(H,13,14,15). The van der Waals surface area contributed by atoms with E-state index >= 15 is 0 Å². The number of furan rings is 1. The molecule has 0 atom stereocenters. The lowest BCUT2D eigenvalue weighted by molar-refractivity contribution is 0.0941. The Morgan fingerprint density at radius 1 is 1.59 bits per heavy atom. The molecule has 2 aromatic heterocycles. The molecule has 6 nitrogen and oxygen atoms in total. The monoisotopic (exact) mass is 234 g/mol. The van der Waals surface area contributed by atoms with Gasteiger partial charge in [0.2, 0.25) is 5.82 Å². The maximum atomic E-state index is 11.7. The minimum absolute atomic E-state index is 0.178. The second-order valence-electron chi connectivity index (χ2n) is 3.67. The number of hydrogen-bond donors (Lipinski definition) is 2. The van der Waals surface area contributed by atoms with Gasteiger partial charge in [0.05, 0.1) is 12.5 Å². The Morgan fingerprint density at radius 3 is 3.18 bits per heavy atom. The average molecular weight is 234 g/mol. The van der Waals surface area contributed by atoms with Crippen molar-refractivity contribution < 1.29 is 9.21 Å². The number of aromatic nitrogens is 3. The van der Waals surface area contributed by atoms with E-state index in [1.165, 1.54) is 0 Å². The number of nitrogens with one attached hydrogen (secondary N) is 2. The minimum Gasteiger partial charge on any atom is -0.472 e. The van der Waals surface area contributed by atoms with Crippen LogP contribution < -0.4 is 5.32 Å². The molecule has 2 aromatic rings. The molecule has 0 aliphatic heterocycles. The number of carbonyl (C=O) groups is 1. The van der Waals surface area contributed by atoms with Crippen LogP contribution in [0.1, 0.15) is 35.4 Å². The summed E-state index contributed by atoms with van der Waals surface area (Å²) in [5.74, 6) is 0.628. The van der Waals surface area contributed by atoms with Crippen molar-refractivity contribution in [1.29, 1.82) is 0 Å². The van der Waals surface area contributed by atoms with Gasteiger partial charge >= 0.3 is 0 Å². The molecule has 0 saturated carbocycles. The van der Waals surface area contributed by atoms with Gasteiger partial charge in [0.1, 0.15) is 5.82 Å². The van der Waals surface area contributed by atoms with Crippen molar-refractivity contribution in [2.24, 2.45) is 0 Å². The fourth-order valence-corrected chi connectivity index (χ4v) is 1.40. The first kappa shape index (κ1) is 11.4. The molecule has 0 aliphatic rings. The number of nitrogens with zero attached hydrogens (tertiary/aromatic N) is 2. The quantitative estimate of drug-likeness (QED) is 0.816. The Hall–Kier alpha value is -2.11. The highest BCUT2D eigenvalue weighted by atomic mass is 16.3. The van der Waals surface area contributed by atoms with Crippen LogP contribution in [-0.2, 0) is 13.0 Å². The summed E-state index contributed by atoms with van der Waals surface area (Å²) in [5, 5.41) is 9.32. The highest BCUT2D eigenvalue weighted by molar-refractivity contribution is 5.90. The van der Waals surface area contributed by atoms with Crippen LogP contribution in [0.15, 0.2) is 23.0 Å². The van der Waals surface area contributed by atoms with Crippen molar-refractivity contribution in [3.63, 3.8) is 0 Å². The maximum Gasteiger partial charge on any atom is 0.291 e. The number of aromatic amines is 1. The third kappa shape index (κ3) is 2.93. The molecule has 0 aliphatic carbocycles. The molecular weight excluding hydrogens is 220 g/mol. The molecule has 0 saturated heterocycles. The van der Waals surface area contributed by atoms with Crippen LogP contribution in [0.2, 0.25) is 0 Å². The molecular formula is C11H14N4O2. The third-order valence-electron chi connectivity index (χ3n) is 2.25. The van der Waals surface area contributed by atoms with Crippen LogP contribution in [0.5, 0.6) is 0 Å². The molecule has 0 bridgehead atoms. The average Bonchev–Trinajstić information content (AvgIpc) is 2.97. The smallest absolute Gasteiger partial charge is 0.291 e. The van der Waals surface area contributed by atoms with Crippen molar-refractivity contribution in [3.05, 3.63) is 35.8 Å². The number of H-pyrrole nitrogens is 1. The summed E-state index contributed by atoms with van der Waals surface area (Å²) in [4.78, 5) is 15.8. The lowest BCUT2D eigenvalue weighted by atomic mass is 10.3. The third-order valence-corrected chi connectivity index (χ3v) is 2.25. The van der Waals surface area contributed by atoms with E-state index in [-0.39, 0.29) is 11.7 Å². The van der Waals surface area contributed by atoms with Crippen LogP contribution in [0, 0.1) is 0 Å². The lowest BCUT2D eigenvalue weighted by Gasteiger charge is -1.98. The summed E-state index contributed by atoms with van der Waals surface area (Å²) in [5.41, 5.74) is 0.905. The van der Waals surface area contributed by atoms with E-state index in [0.717, 1.165) is 24.2 Å². The number of amides is 1. The van der Waals surface area contributed by atoms with Crippen LogP contribution in [0.4, 0.5) is 0 Å². The largest absolute Gasteiger partial charge is 0.472 e.